The molecule has 0 aliphatic carbocycles. The van der Waals surface area contributed by atoms with E-state index in [1.165, 1.54) is 6.07 Å². The number of piperidine rings is 1. The van der Waals surface area contributed by atoms with Crippen molar-refractivity contribution >= 4 is 5.69 Å². The number of halogens is 1. The SMILES string of the molecule is CN(C)CCOc1ccc(N2CCC3(CC2)OCCO3)c(F)c1. The third-order valence-corrected chi connectivity index (χ3v) is 4.41. The summed E-state index contributed by atoms with van der Waals surface area (Å²) in [5.41, 5.74) is 0.623. The number of nitrogens with zero attached hydrogens (tertiary/aromatic N) is 2. The fourth-order valence-electron chi connectivity index (χ4n) is 3.05. The third kappa shape index (κ3) is 3.94. The largest absolute Gasteiger partial charge is 0.492 e. The van der Waals surface area contributed by atoms with Crippen molar-refractivity contribution in [1.82, 2.24) is 4.90 Å². The van der Waals surface area contributed by atoms with Gasteiger partial charge in [-0.05, 0) is 26.2 Å². The van der Waals surface area contributed by atoms with E-state index in [9.17, 15) is 4.39 Å². The number of anilines is 1. The van der Waals surface area contributed by atoms with Crippen LogP contribution in [0.1, 0.15) is 12.8 Å². The molecule has 1 aromatic carbocycles. The maximum atomic E-state index is 14.4. The topological polar surface area (TPSA) is 34.2 Å². The molecule has 5 nitrogen and oxygen atoms in total. The molecule has 0 aromatic heterocycles. The summed E-state index contributed by atoms with van der Waals surface area (Å²) in [6.07, 6.45) is 1.54. The molecule has 1 aromatic rings. The van der Waals surface area contributed by atoms with Crippen molar-refractivity contribution in [3.8, 4) is 5.75 Å². The van der Waals surface area contributed by atoms with Crippen molar-refractivity contribution in [3.63, 3.8) is 0 Å². The molecule has 128 valence electrons. The van der Waals surface area contributed by atoms with Gasteiger partial charge in [-0.3, -0.25) is 0 Å². The Bertz CT molecular complexity index is 523. The van der Waals surface area contributed by atoms with Crippen LogP contribution < -0.4 is 9.64 Å². The lowest BCUT2D eigenvalue weighted by molar-refractivity contribution is -0.169. The van der Waals surface area contributed by atoms with Gasteiger partial charge in [0.25, 0.3) is 0 Å². The Labute approximate surface area is 136 Å². The first-order chi connectivity index (χ1) is 11.1. The van der Waals surface area contributed by atoms with Crippen LogP contribution in [0.15, 0.2) is 18.2 Å². The van der Waals surface area contributed by atoms with Crippen LogP contribution in [0.25, 0.3) is 0 Å². The summed E-state index contributed by atoms with van der Waals surface area (Å²) in [6, 6.07) is 5.10. The highest BCUT2D eigenvalue weighted by Crippen LogP contribution is 2.34. The molecule has 0 unspecified atom stereocenters. The van der Waals surface area contributed by atoms with Gasteiger partial charge < -0.3 is 24.0 Å². The number of likely N-dealkylation sites (N-methyl/N-ethyl adjacent to an activating group) is 1. The molecule has 6 heteroatoms. The molecule has 2 aliphatic rings. The van der Waals surface area contributed by atoms with Gasteiger partial charge in [-0.25, -0.2) is 4.39 Å². The normalized spacial score (nSPS) is 20.4. The monoisotopic (exact) mass is 324 g/mol. The zero-order chi connectivity index (χ0) is 16.3. The predicted molar refractivity (Wildman–Crippen MR) is 86.5 cm³/mol. The molecule has 23 heavy (non-hydrogen) atoms. The van der Waals surface area contributed by atoms with Gasteiger partial charge in [-0.1, -0.05) is 0 Å². The van der Waals surface area contributed by atoms with Crippen LogP contribution in [0.2, 0.25) is 0 Å². The van der Waals surface area contributed by atoms with E-state index in [1.807, 2.05) is 25.1 Å². The molecule has 0 atom stereocenters. The van der Waals surface area contributed by atoms with E-state index in [0.717, 1.165) is 32.5 Å². The highest BCUT2D eigenvalue weighted by atomic mass is 19.1. The number of hydrogen-bond acceptors (Lipinski definition) is 5. The first-order valence-electron chi connectivity index (χ1n) is 8.18. The second-order valence-electron chi connectivity index (χ2n) is 6.36. The van der Waals surface area contributed by atoms with Crippen molar-refractivity contribution in [3.05, 3.63) is 24.0 Å². The van der Waals surface area contributed by atoms with Gasteiger partial charge in [-0.15, -0.1) is 0 Å². The average molecular weight is 324 g/mol. The van der Waals surface area contributed by atoms with Gasteiger partial charge in [0, 0.05) is 38.5 Å². The molecule has 0 bridgehead atoms. The number of benzene rings is 1. The molecular weight excluding hydrogens is 299 g/mol. The molecule has 2 fully saturated rings. The molecular formula is C17H25FN2O3. The Hall–Kier alpha value is -1.37. The molecule has 1 spiro atoms. The van der Waals surface area contributed by atoms with Crippen molar-refractivity contribution in [2.45, 2.75) is 18.6 Å². The second kappa shape index (κ2) is 7.03. The Morgan fingerprint density at radius 2 is 1.91 bits per heavy atom. The van der Waals surface area contributed by atoms with Crippen molar-refractivity contribution < 1.29 is 18.6 Å². The number of ether oxygens (including phenoxy) is 3. The molecule has 0 amide bonds. The molecule has 2 aliphatic heterocycles. The number of hydrogen-bond donors (Lipinski definition) is 0. The third-order valence-electron chi connectivity index (χ3n) is 4.41. The highest BCUT2D eigenvalue weighted by Gasteiger charge is 2.40. The maximum Gasteiger partial charge on any atom is 0.171 e. The van der Waals surface area contributed by atoms with Crippen LogP contribution in [0, 0.1) is 5.82 Å². The standard InChI is InChI=1S/C17H25FN2O3/c1-19(2)9-10-21-14-3-4-16(15(18)13-14)20-7-5-17(6-8-20)22-11-12-23-17/h3-4,13H,5-12H2,1-2H3. The van der Waals surface area contributed by atoms with Crippen molar-refractivity contribution in [1.29, 1.82) is 0 Å². The lowest BCUT2D eigenvalue weighted by Gasteiger charge is -2.38. The summed E-state index contributed by atoms with van der Waals surface area (Å²) in [5.74, 6) is -0.0945. The van der Waals surface area contributed by atoms with E-state index < -0.39 is 5.79 Å². The van der Waals surface area contributed by atoms with Gasteiger partial charge in [0.15, 0.2) is 5.79 Å². The molecule has 0 saturated carbocycles. The van der Waals surface area contributed by atoms with Crippen LogP contribution in [0.5, 0.6) is 5.75 Å². The fourth-order valence-corrected chi connectivity index (χ4v) is 3.05. The first-order valence-corrected chi connectivity index (χ1v) is 8.18. The first kappa shape index (κ1) is 16.5. The summed E-state index contributed by atoms with van der Waals surface area (Å²) in [5, 5.41) is 0. The van der Waals surface area contributed by atoms with Gasteiger partial charge in [0.05, 0.1) is 18.9 Å². The molecule has 0 radical (unpaired) electrons. The van der Waals surface area contributed by atoms with Crippen LogP contribution in [0.4, 0.5) is 10.1 Å². The van der Waals surface area contributed by atoms with Gasteiger partial charge in [0.1, 0.15) is 18.2 Å². The van der Waals surface area contributed by atoms with E-state index in [4.69, 9.17) is 14.2 Å². The van der Waals surface area contributed by atoms with Crippen molar-refractivity contribution in [2.24, 2.45) is 0 Å². The van der Waals surface area contributed by atoms with Crippen molar-refractivity contribution in [2.75, 3.05) is 58.5 Å². The molecule has 2 saturated heterocycles. The van der Waals surface area contributed by atoms with Crippen LogP contribution in [-0.4, -0.2) is 64.2 Å². The Morgan fingerprint density at radius 1 is 1.22 bits per heavy atom. The average Bonchev–Trinajstić information content (AvgIpc) is 2.97. The Kier molecular flexibility index (Phi) is 5.04. The van der Waals surface area contributed by atoms with Gasteiger partial charge in [-0.2, -0.15) is 0 Å². The predicted octanol–water partition coefficient (Wildman–Crippen LogP) is 2.11. The maximum absolute atomic E-state index is 14.4. The summed E-state index contributed by atoms with van der Waals surface area (Å²) < 4.78 is 31.4. The molecule has 3 rings (SSSR count). The molecule has 2 heterocycles. The zero-order valence-corrected chi connectivity index (χ0v) is 13.9. The van der Waals surface area contributed by atoms with Gasteiger partial charge in [0.2, 0.25) is 0 Å². The van der Waals surface area contributed by atoms with E-state index in [0.29, 0.717) is 31.3 Å². The Balaban J connectivity index is 1.58. The summed E-state index contributed by atoms with van der Waals surface area (Å²) in [7, 11) is 3.96. The summed E-state index contributed by atoms with van der Waals surface area (Å²) >= 11 is 0. The lowest BCUT2D eigenvalue weighted by Crippen LogP contribution is -2.45. The fraction of sp³-hybridized carbons (Fsp3) is 0.647. The minimum Gasteiger partial charge on any atom is -0.492 e. The minimum absolute atomic E-state index is 0.239. The highest BCUT2D eigenvalue weighted by molar-refractivity contribution is 5.51. The van der Waals surface area contributed by atoms with E-state index >= 15 is 0 Å². The lowest BCUT2D eigenvalue weighted by atomic mass is 10.0. The van der Waals surface area contributed by atoms with Crippen LogP contribution in [0.3, 0.4) is 0 Å². The minimum atomic E-state index is -0.428. The second-order valence-corrected chi connectivity index (χ2v) is 6.36. The summed E-state index contributed by atoms with van der Waals surface area (Å²) in [6.45, 7) is 4.14. The van der Waals surface area contributed by atoms with Gasteiger partial charge >= 0.3 is 0 Å². The summed E-state index contributed by atoms with van der Waals surface area (Å²) in [4.78, 5) is 4.08. The Morgan fingerprint density at radius 3 is 2.52 bits per heavy atom. The van der Waals surface area contributed by atoms with Crippen LogP contribution >= 0.6 is 0 Å². The number of rotatable bonds is 5. The van der Waals surface area contributed by atoms with Crippen LogP contribution in [-0.2, 0) is 9.47 Å². The quantitative estimate of drug-likeness (QED) is 0.829. The zero-order valence-electron chi connectivity index (χ0n) is 13.9. The van der Waals surface area contributed by atoms with E-state index in [2.05, 4.69) is 4.90 Å². The smallest absolute Gasteiger partial charge is 0.171 e. The molecule has 0 N–H and O–H groups in total. The van der Waals surface area contributed by atoms with E-state index in [1.54, 1.807) is 6.07 Å². The van der Waals surface area contributed by atoms with E-state index in [-0.39, 0.29) is 5.82 Å².